The summed E-state index contributed by atoms with van der Waals surface area (Å²) in [5.74, 6) is 0. The van der Waals surface area contributed by atoms with Crippen molar-refractivity contribution in [2.24, 2.45) is 0 Å². The third-order valence-electron chi connectivity index (χ3n) is 6.22. The Balaban J connectivity index is 1.50. The molecule has 31 heavy (non-hydrogen) atoms. The monoisotopic (exact) mass is 444 g/mol. The number of rotatable bonds is 4. The van der Waals surface area contributed by atoms with Gasteiger partial charge in [0.1, 0.15) is 5.60 Å². The molecule has 0 aromatic heterocycles. The molecule has 0 spiro atoms. The zero-order valence-corrected chi connectivity index (χ0v) is 21.1. The van der Waals surface area contributed by atoms with Crippen molar-refractivity contribution in [3.05, 3.63) is 35.4 Å². The van der Waals surface area contributed by atoms with E-state index in [9.17, 15) is 4.79 Å². The van der Waals surface area contributed by atoms with Gasteiger partial charge in [0, 0.05) is 42.4 Å². The largest absolute Gasteiger partial charge is 0.444 e. The minimum absolute atomic E-state index is 0.164. The number of hydrogen-bond acceptors (Lipinski definition) is 4. The van der Waals surface area contributed by atoms with Crippen molar-refractivity contribution >= 4 is 23.4 Å². The smallest absolute Gasteiger partial charge is 0.410 e. The minimum atomic E-state index is -0.422. The van der Waals surface area contributed by atoms with Crippen LogP contribution in [0.15, 0.2) is 34.7 Å². The van der Waals surface area contributed by atoms with Gasteiger partial charge in [0.2, 0.25) is 0 Å². The van der Waals surface area contributed by atoms with E-state index in [0.717, 1.165) is 51.9 Å². The molecule has 2 heterocycles. The molecule has 0 bridgehead atoms. The lowest BCUT2D eigenvalue weighted by atomic mass is 9.92. The number of hydrogen-bond donors (Lipinski definition) is 0. The highest BCUT2D eigenvalue weighted by molar-refractivity contribution is 7.99. The summed E-state index contributed by atoms with van der Waals surface area (Å²) in [6.45, 7) is 16.4. The van der Waals surface area contributed by atoms with Crippen molar-refractivity contribution in [2.45, 2.75) is 89.0 Å². The van der Waals surface area contributed by atoms with Crippen LogP contribution in [-0.4, -0.2) is 59.0 Å². The number of thioether (sulfide) groups is 1. The fourth-order valence-electron chi connectivity index (χ4n) is 4.53. The van der Waals surface area contributed by atoms with Crippen LogP contribution < -0.4 is 0 Å². The Kier molecular flexibility index (Phi) is 8.14. The van der Waals surface area contributed by atoms with E-state index in [0.29, 0.717) is 11.3 Å². The van der Waals surface area contributed by atoms with Gasteiger partial charge in [-0.25, -0.2) is 4.79 Å². The Labute approximate surface area is 193 Å². The van der Waals surface area contributed by atoms with E-state index >= 15 is 0 Å². The predicted octanol–water partition coefficient (Wildman–Crippen LogP) is 6.46. The van der Waals surface area contributed by atoms with Crippen LogP contribution in [0, 0.1) is 0 Å². The number of benzene rings is 1. The van der Waals surface area contributed by atoms with Crippen LogP contribution in [-0.2, 0) is 4.74 Å². The van der Waals surface area contributed by atoms with Gasteiger partial charge < -0.3 is 9.64 Å². The van der Waals surface area contributed by atoms with E-state index in [4.69, 9.17) is 4.74 Å². The first-order valence-electron chi connectivity index (χ1n) is 11.8. The summed E-state index contributed by atoms with van der Waals surface area (Å²) < 4.78 is 5.53. The maximum absolute atomic E-state index is 12.3. The lowest BCUT2D eigenvalue weighted by Crippen LogP contribution is -2.49. The molecular formula is C26H40N2O2S. The molecule has 1 aromatic carbocycles. The Morgan fingerprint density at radius 2 is 1.61 bits per heavy atom. The summed E-state index contributed by atoms with van der Waals surface area (Å²) in [4.78, 5) is 18.2. The minimum Gasteiger partial charge on any atom is -0.444 e. The molecule has 0 atom stereocenters. The second kappa shape index (κ2) is 10.4. The molecule has 2 saturated heterocycles. The van der Waals surface area contributed by atoms with Gasteiger partial charge in [-0.3, -0.25) is 4.90 Å². The van der Waals surface area contributed by atoms with Gasteiger partial charge in [0.15, 0.2) is 0 Å². The number of allylic oxidation sites excluding steroid dienone is 1. The normalized spacial score (nSPS) is 19.1. The van der Waals surface area contributed by atoms with Gasteiger partial charge in [-0.2, -0.15) is 0 Å². The van der Waals surface area contributed by atoms with Crippen molar-refractivity contribution in [3.63, 3.8) is 0 Å². The topological polar surface area (TPSA) is 32.8 Å². The molecule has 0 radical (unpaired) electrons. The zero-order chi connectivity index (χ0) is 22.6. The van der Waals surface area contributed by atoms with Gasteiger partial charge >= 0.3 is 6.09 Å². The number of piperidine rings is 2. The molecule has 2 aliphatic rings. The van der Waals surface area contributed by atoms with Crippen LogP contribution in [0.3, 0.4) is 0 Å². The fourth-order valence-corrected chi connectivity index (χ4v) is 5.37. The molecule has 1 amide bonds. The SMILES string of the molecule is CC(=C1CCN(C2CCN(C(=O)OC(C)(C)C)CC2)CC1)c1ccc(SC(C)C)cc1. The van der Waals surface area contributed by atoms with Crippen LogP contribution in [0.25, 0.3) is 5.57 Å². The zero-order valence-electron chi connectivity index (χ0n) is 20.2. The molecule has 172 valence electrons. The van der Waals surface area contributed by atoms with Crippen LogP contribution in [0.2, 0.25) is 0 Å². The highest BCUT2D eigenvalue weighted by Crippen LogP contribution is 2.31. The molecule has 2 fully saturated rings. The van der Waals surface area contributed by atoms with Gasteiger partial charge in [0.05, 0.1) is 0 Å². The Morgan fingerprint density at radius 1 is 1.03 bits per heavy atom. The molecule has 2 aliphatic heterocycles. The Hall–Kier alpha value is -1.46. The summed E-state index contributed by atoms with van der Waals surface area (Å²) in [5, 5.41) is 0.616. The molecule has 3 rings (SSSR count). The molecule has 0 saturated carbocycles. The van der Waals surface area contributed by atoms with Crippen molar-refractivity contribution in [1.29, 1.82) is 0 Å². The van der Waals surface area contributed by atoms with Gasteiger partial charge in [0.25, 0.3) is 0 Å². The number of nitrogens with zero attached hydrogens (tertiary/aromatic N) is 2. The Morgan fingerprint density at radius 3 is 2.13 bits per heavy atom. The number of carbonyl (C=O) groups is 1. The van der Waals surface area contributed by atoms with E-state index in [1.54, 1.807) is 5.57 Å². The van der Waals surface area contributed by atoms with Crippen LogP contribution >= 0.6 is 11.8 Å². The first kappa shape index (κ1) is 24.2. The summed E-state index contributed by atoms with van der Waals surface area (Å²) in [6.07, 6.45) is 4.24. The predicted molar refractivity (Wildman–Crippen MR) is 132 cm³/mol. The van der Waals surface area contributed by atoms with Crippen LogP contribution in [0.1, 0.15) is 72.8 Å². The number of amides is 1. The van der Waals surface area contributed by atoms with Gasteiger partial charge in [-0.1, -0.05) is 31.6 Å². The van der Waals surface area contributed by atoms with Crippen molar-refractivity contribution in [2.75, 3.05) is 26.2 Å². The second-order valence-corrected chi connectivity index (χ2v) is 11.8. The third kappa shape index (κ3) is 7.01. The van der Waals surface area contributed by atoms with Crippen LogP contribution in [0.4, 0.5) is 4.79 Å². The average Bonchev–Trinajstić information content (AvgIpc) is 2.72. The summed E-state index contributed by atoms with van der Waals surface area (Å²) in [6, 6.07) is 9.68. The first-order valence-corrected chi connectivity index (χ1v) is 12.7. The average molecular weight is 445 g/mol. The van der Waals surface area contributed by atoms with Crippen molar-refractivity contribution in [1.82, 2.24) is 9.80 Å². The molecule has 5 heteroatoms. The fraction of sp³-hybridized carbons (Fsp3) is 0.654. The summed E-state index contributed by atoms with van der Waals surface area (Å²) in [5.41, 5.74) is 4.00. The Bertz CT molecular complexity index is 762. The number of ether oxygens (including phenoxy) is 1. The molecule has 4 nitrogen and oxygen atoms in total. The molecule has 0 N–H and O–H groups in total. The maximum atomic E-state index is 12.3. The van der Waals surface area contributed by atoms with E-state index in [-0.39, 0.29) is 6.09 Å². The van der Waals surface area contributed by atoms with Gasteiger partial charge in [-0.15, -0.1) is 11.8 Å². The summed E-state index contributed by atoms with van der Waals surface area (Å²) in [7, 11) is 0. The maximum Gasteiger partial charge on any atom is 0.410 e. The highest BCUT2D eigenvalue weighted by atomic mass is 32.2. The molecule has 0 aliphatic carbocycles. The number of likely N-dealkylation sites (tertiary alicyclic amines) is 2. The van der Waals surface area contributed by atoms with Crippen molar-refractivity contribution < 1.29 is 9.53 Å². The van der Waals surface area contributed by atoms with Crippen LogP contribution in [0.5, 0.6) is 0 Å². The van der Waals surface area contributed by atoms with E-state index < -0.39 is 5.60 Å². The first-order chi connectivity index (χ1) is 14.6. The lowest BCUT2D eigenvalue weighted by Gasteiger charge is -2.41. The second-order valence-electron chi connectivity index (χ2n) is 10.2. The lowest BCUT2D eigenvalue weighted by molar-refractivity contribution is 0.0138. The van der Waals surface area contributed by atoms with E-state index in [1.165, 1.54) is 16.0 Å². The standard InChI is InChI=1S/C26H40N2O2S/c1-19(2)31-24-9-7-21(8-10-24)20(3)22-11-15-27(16-12-22)23-13-17-28(18-14-23)25(29)30-26(4,5)6/h7-10,19,23H,11-18H2,1-6H3. The summed E-state index contributed by atoms with van der Waals surface area (Å²) >= 11 is 1.92. The van der Waals surface area contributed by atoms with E-state index in [2.05, 4.69) is 49.9 Å². The molecule has 0 unspecified atom stereocenters. The van der Waals surface area contributed by atoms with Gasteiger partial charge in [-0.05, 0) is 76.6 Å². The third-order valence-corrected chi connectivity index (χ3v) is 7.24. The van der Waals surface area contributed by atoms with Crippen molar-refractivity contribution in [3.8, 4) is 0 Å². The highest BCUT2D eigenvalue weighted by Gasteiger charge is 2.30. The van der Waals surface area contributed by atoms with E-state index in [1.807, 2.05) is 37.4 Å². The molecular weight excluding hydrogens is 404 g/mol. The molecule has 1 aromatic rings. The number of carbonyl (C=O) groups excluding carboxylic acids is 1. The quantitative estimate of drug-likeness (QED) is 0.499.